The molecule has 0 radical (unpaired) electrons. The molecule has 1 atom stereocenters. The van der Waals surface area contributed by atoms with Crippen molar-refractivity contribution < 1.29 is 4.79 Å². The average Bonchev–Trinajstić information content (AvgIpc) is 2.61. The highest BCUT2D eigenvalue weighted by molar-refractivity contribution is 5.74. The normalized spacial score (nSPS) is 12.9. The van der Waals surface area contributed by atoms with E-state index in [-0.39, 0.29) is 6.04 Å². The minimum atomic E-state index is 0.153. The zero-order valence-electron chi connectivity index (χ0n) is 7.92. The van der Waals surface area contributed by atoms with Crippen molar-refractivity contribution in [1.82, 2.24) is 14.5 Å². The molecule has 2 aromatic rings. The molecule has 0 aliphatic carbocycles. The molecule has 0 amide bonds. The van der Waals surface area contributed by atoms with Gasteiger partial charge >= 0.3 is 0 Å². The molecule has 0 saturated carbocycles. The molecule has 2 heterocycles. The minimum absolute atomic E-state index is 0.153. The average molecular weight is 189 g/mol. The fourth-order valence-corrected chi connectivity index (χ4v) is 1.51. The van der Waals surface area contributed by atoms with Crippen LogP contribution < -0.4 is 0 Å². The molecule has 0 aromatic carbocycles. The van der Waals surface area contributed by atoms with Crippen LogP contribution in [-0.2, 0) is 4.79 Å². The number of carbonyl (C=O) groups is 1. The molecule has 2 aromatic heterocycles. The molecule has 0 N–H and O–H groups in total. The number of carbonyl (C=O) groups excluding carboxylic acids is 1. The SMILES string of the molecule is CC(CC=O)n1ccc2cncnc21. The fourth-order valence-electron chi connectivity index (χ4n) is 1.51. The molecule has 0 saturated heterocycles. The van der Waals surface area contributed by atoms with E-state index in [1.54, 1.807) is 6.20 Å². The highest BCUT2D eigenvalue weighted by atomic mass is 16.1. The maximum Gasteiger partial charge on any atom is 0.143 e. The Morgan fingerprint density at radius 1 is 1.64 bits per heavy atom. The molecular weight excluding hydrogens is 178 g/mol. The van der Waals surface area contributed by atoms with Crippen molar-refractivity contribution in [2.24, 2.45) is 0 Å². The van der Waals surface area contributed by atoms with Crippen molar-refractivity contribution in [2.75, 3.05) is 0 Å². The zero-order chi connectivity index (χ0) is 9.97. The number of hydrogen-bond donors (Lipinski definition) is 0. The highest BCUT2D eigenvalue weighted by Crippen LogP contribution is 2.18. The van der Waals surface area contributed by atoms with Crippen LogP contribution in [0.25, 0.3) is 11.0 Å². The Balaban J connectivity index is 2.47. The van der Waals surface area contributed by atoms with Gasteiger partial charge in [0.2, 0.25) is 0 Å². The molecule has 0 spiro atoms. The Hall–Kier alpha value is -1.71. The number of hydrogen-bond acceptors (Lipinski definition) is 3. The van der Waals surface area contributed by atoms with Crippen LogP contribution in [0, 0.1) is 0 Å². The van der Waals surface area contributed by atoms with E-state index >= 15 is 0 Å². The molecule has 72 valence electrons. The first-order valence-corrected chi connectivity index (χ1v) is 4.53. The van der Waals surface area contributed by atoms with E-state index < -0.39 is 0 Å². The van der Waals surface area contributed by atoms with Gasteiger partial charge < -0.3 is 9.36 Å². The Morgan fingerprint density at radius 3 is 3.29 bits per heavy atom. The Morgan fingerprint density at radius 2 is 2.50 bits per heavy atom. The summed E-state index contributed by atoms with van der Waals surface area (Å²) in [7, 11) is 0. The summed E-state index contributed by atoms with van der Waals surface area (Å²) in [6, 6.07) is 2.11. The molecule has 1 unspecified atom stereocenters. The third-order valence-electron chi connectivity index (χ3n) is 2.29. The molecular formula is C10H11N3O. The van der Waals surface area contributed by atoms with E-state index in [9.17, 15) is 4.79 Å². The van der Waals surface area contributed by atoms with Gasteiger partial charge in [0.25, 0.3) is 0 Å². The second kappa shape index (κ2) is 3.57. The van der Waals surface area contributed by atoms with Gasteiger partial charge in [-0.3, -0.25) is 0 Å². The lowest BCUT2D eigenvalue weighted by molar-refractivity contribution is -0.108. The third kappa shape index (κ3) is 1.39. The predicted octanol–water partition coefficient (Wildman–Crippen LogP) is 1.58. The standard InChI is InChI=1S/C10H11N3O/c1-8(3-5-14)13-4-2-9-6-11-7-12-10(9)13/h2,4-8H,3H2,1H3. The molecule has 14 heavy (non-hydrogen) atoms. The van der Waals surface area contributed by atoms with Crippen molar-refractivity contribution in [3.8, 4) is 0 Å². The fraction of sp³-hybridized carbons (Fsp3) is 0.300. The summed E-state index contributed by atoms with van der Waals surface area (Å²) in [6.45, 7) is 2.00. The number of fused-ring (bicyclic) bond motifs is 1. The zero-order valence-corrected chi connectivity index (χ0v) is 7.92. The van der Waals surface area contributed by atoms with Gasteiger partial charge in [-0.1, -0.05) is 0 Å². The van der Waals surface area contributed by atoms with Gasteiger partial charge in [-0.2, -0.15) is 0 Å². The van der Waals surface area contributed by atoms with Crippen LogP contribution in [0.1, 0.15) is 19.4 Å². The van der Waals surface area contributed by atoms with Gasteiger partial charge in [0.1, 0.15) is 18.3 Å². The van der Waals surface area contributed by atoms with Crippen LogP contribution >= 0.6 is 0 Å². The smallest absolute Gasteiger partial charge is 0.143 e. The van der Waals surface area contributed by atoms with Crippen LogP contribution in [0.3, 0.4) is 0 Å². The predicted molar refractivity (Wildman–Crippen MR) is 52.9 cm³/mol. The van der Waals surface area contributed by atoms with Gasteiger partial charge in [-0.15, -0.1) is 0 Å². The largest absolute Gasteiger partial charge is 0.329 e. The van der Waals surface area contributed by atoms with Gasteiger partial charge in [0.05, 0.1) is 0 Å². The van der Waals surface area contributed by atoms with E-state index in [1.807, 2.05) is 23.8 Å². The maximum atomic E-state index is 10.4. The second-order valence-electron chi connectivity index (χ2n) is 3.28. The summed E-state index contributed by atoms with van der Waals surface area (Å²) in [5, 5.41) is 1.00. The molecule has 2 rings (SSSR count). The first-order valence-electron chi connectivity index (χ1n) is 4.53. The van der Waals surface area contributed by atoms with Crippen molar-refractivity contribution >= 4 is 17.3 Å². The van der Waals surface area contributed by atoms with Crippen molar-refractivity contribution in [1.29, 1.82) is 0 Å². The Labute approximate surface area is 81.6 Å². The van der Waals surface area contributed by atoms with E-state index in [2.05, 4.69) is 9.97 Å². The van der Waals surface area contributed by atoms with E-state index in [0.717, 1.165) is 17.3 Å². The van der Waals surface area contributed by atoms with E-state index in [4.69, 9.17) is 0 Å². The number of aldehydes is 1. The van der Waals surface area contributed by atoms with Crippen LogP contribution in [0.15, 0.2) is 24.8 Å². The van der Waals surface area contributed by atoms with Crippen molar-refractivity contribution in [3.63, 3.8) is 0 Å². The molecule has 4 heteroatoms. The van der Waals surface area contributed by atoms with Crippen molar-refractivity contribution in [3.05, 3.63) is 24.8 Å². The van der Waals surface area contributed by atoms with Gasteiger partial charge in [0, 0.05) is 30.2 Å². The highest BCUT2D eigenvalue weighted by Gasteiger charge is 2.07. The maximum absolute atomic E-state index is 10.4. The van der Waals surface area contributed by atoms with Gasteiger partial charge in [0.15, 0.2) is 0 Å². The molecule has 4 nitrogen and oxygen atoms in total. The lowest BCUT2D eigenvalue weighted by Crippen LogP contribution is -2.04. The third-order valence-corrected chi connectivity index (χ3v) is 2.29. The van der Waals surface area contributed by atoms with Gasteiger partial charge in [-0.25, -0.2) is 9.97 Å². The minimum Gasteiger partial charge on any atom is -0.329 e. The van der Waals surface area contributed by atoms with E-state index in [1.165, 1.54) is 6.33 Å². The number of aromatic nitrogens is 3. The molecule has 0 fully saturated rings. The van der Waals surface area contributed by atoms with Crippen LogP contribution in [0.2, 0.25) is 0 Å². The topological polar surface area (TPSA) is 47.8 Å². The monoisotopic (exact) mass is 189 g/mol. The molecule has 0 aliphatic heterocycles. The Bertz CT molecular complexity index is 449. The van der Waals surface area contributed by atoms with Crippen LogP contribution in [0.4, 0.5) is 0 Å². The van der Waals surface area contributed by atoms with Crippen LogP contribution in [0.5, 0.6) is 0 Å². The van der Waals surface area contributed by atoms with Crippen LogP contribution in [-0.4, -0.2) is 20.8 Å². The lowest BCUT2D eigenvalue weighted by atomic mass is 10.2. The summed E-state index contributed by atoms with van der Waals surface area (Å²) in [5.74, 6) is 0. The van der Waals surface area contributed by atoms with Crippen molar-refractivity contribution in [2.45, 2.75) is 19.4 Å². The Kier molecular flexibility index (Phi) is 2.26. The molecule has 0 aliphatic rings. The molecule has 0 bridgehead atoms. The second-order valence-corrected chi connectivity index (χ2v) is 3.28. The summed E-state index contributed by atoms with van der Waals surface area (Å²) < 4.78 is 1.99. The first kappa shape index (κ1) is 8.87. The lowest BCUT2D eigenvalue weighted by Gasteiger charge is -2.10. The summed E-state index contributed by atoms with van der Waals surface area (Å²) >= 11 is 0. The summed E-state index contributed by atoms with van der Waals surface area (Å²) in [6.07, 6.45) is 6.66. The summed E-state index contributed by atoms with van der Waals surface area (Å²) in [5.41, 5.74) is 0.884. The summed E-state index contributed by atoms with van der Waals surface area (Å²) in [4.78, 5) is 18.5. The van der Waals surface area contributed by atoms with E-state index in [0.29, 0.717) is 6.42 Å². The quantitative estimate of drug-likeness (QED) is 0.689. The number of nitrogens with zero attached hydrogens (tertiary/aromatic N) is 3. The van der Waals surface area contributed by atoms with Gasteiger partial charge in [-0.05, 0) is 13.0 Å². The number of rotatable bonds is 3. The first-order chi connectivity index (χ1) is 6.83.